The number of carbonyl (C=O) groups is 1. The van der Waals surface area contributed by atoms with Crippen LogP contribution in [0, 0.1) is 0 Å². The van der Waals surface area contributed by atoms with Gasteiger partial charge in [-0.1, -0.05) is 12.1 Å². The molecule has 0 N–H and O–H groups in total. The highest BCUT2D eigenvalue weighted by atomic mass is 16.6. The summed E-state index contributed by atoms with van der Waals surface area (Å²) in [4.78, 5) is 16.5. The molecular weight excluding hydrogens is 346 g/mol. The predicted octanol–water partition coefficient (Wildman–Crippen LogP) is 3.84. The molecule has 2 aromatic rings. The summed E-state index contributed by atoms with van der Waals surface area (Å²) in [6, 6.07) is 12.7. The first-order valence-corrected chi connectivity index (χ1v) is 8.71. The molecule has 0 radical (unpaired) electrons. The number of benzene rings is 2. The van der Waals surface area contributed by atoms with Gasteiger partial charge in [-0.05, 0) is 55.8 Å². The van der Waals surface area contributed by atoms with Crippen LogP contribution >= 0.6 is 0 Å². The van der Waals surface area contributed by atoms with Gasteiger partial charge in [0.15, 0.2) is 17.2 Å². The van der Waals surface area contributed by atoms with E-state index in [1.54, 1.807) is 19.3 Å². The first-order chi connectivity index (χ1) is 13.1. The van der Waals surface area contributed by atoms with Crippen molar-refractivity contribution in [3.8, 4) is 17.2 Å². The molecule has 6 nitrogen and oxygen atoms in total. The number of carbonyl (C=O) groups excluding carboxylic acids is 1. The number of hydrogen-bond donors (Lipinski definition) is 0. The third-order valence-electron chi connectivity index (χ3n) is 3.81. The highest BCUT2D eigenvalue weighted by Gasteiger charge is 2.24. The number of methoxy groups -OCH3 is 1. The van der Waals surface area contributed by atoms with Crippen molar-refractivity contribution in [1.82, 2.24) is 0 Å². The van der Waals surface area contributed by atoms with Crippen LogP contribution in [0.4, 0.5) is 0 Å². The summed E-state index contributed by atoms with van der Waals surface area (Å²) in [5, 5.41) is 0. The molecular formula is C21H21NO5. The minimum Gasteiger partial charge on any atom is -0.497 e. The second-order valence-corrected chi connectivity index (χ2v) is 5.64. The van der Waals surface area contributed by atoms with E-state index in [-0.39, 0.29) is 11.6 Å². The van der Waals surface area contributed by atoms with Crippen molar-refractivity contribution in [1.29, 1.82) is 0 Å². The number of aliphatic imine (C=N–C) groups is 1. The van der Waals surface area contributed by atoms with Crippen molar-refractivity contribution in [2.45, 2.75) is 13.8 Å². The van der Waals surface area contributed by atoms with Crippen LogP contribution in [0.2, 0.25) is 0 Å². The Hall–Kier alpha value is -3.28. The summed E-state index contributed by atoms with van der Waals surface area (Å²) >= 11 is 0. The fraction of sp³-hybridized carbons (Fsp3) is 0.238. The van der Waals surface area contributed by atoms with Crippen LogP contribution in [0.15, 0.2) is 53.2 Å². The molecule has 0 spiro atoms. The highest BCUT2D eigenvalue weighted by Crippen LogP contribution is 2.30. The molecule has 0 atom stereocenters. The Balaban J connectivity index is 1.90. The van der Waals surface area contributed by atoms with Crippen LogP contribution in [0.25, 0.3) is 6.08 Å². The van der Waals surface area contributed by atoms with Gasteiger partial charge in [-0.2, -0.15) is 0 Å². The third kappa shape index (κ3) is 4.28. The minimum absolute atomic E-state index is 0.222. The van der Waals surface area contributed by atoms with Crippen LogP contribution in [-0.4, -0.2) is 32.2 Å². The molecule has 1 aliphatic rings. The molecule has 2 aromatic carbocycles. The van der Waals surface area contributed by atoms with Crippen LogP contribution < -0.4 is 14.2 Å². The Morgan fingerprint density at radius 1 is 1.04 bits per heavy atom. The maximum Gasteiger partial charge on any atom is 0.363 e. The average Bonchev–Trinajstić information content (AvgIpc) is 3.05. The molecule has 0 saturated heterocycles. The highest BCUT2D eigenvalue weighted by molar-refractivity contribution is 6.13. The maximum atomic E-state index is 12.2. The molecule has 0 aliphatic carbocycles. The van der Waals surface area contributed by atoms with Crippen molar-refractivity contribution < 1.29 is 23.7 Å². The SMILES string of the molecule is CCOc1ccc(C=C2N=C(c3cccc(OC)c3)OC2=O)cc1OCC. The largest absolute Gasteiger partial charge is 0.497 e. The van der Waals surface area contributed by atoms with Gasteiger partial charge >= 0.3 is 5.97 Å². The monoisotopic (exact) mass is 367 g/mol. The third-order valence-corrected chi connectivity index (χ3v) is 3.81. The van der Waals surface area contributed by atoms with E-state index in [1.807, 2.05) is 50.2 Å². The van der Waals surface area contributed by atoms with Crippen LogP contribution in [0.1, 0.15) is 25.0 Å². The number of esters is 1. The average molecular weight is 367 g/mol. The summed E-state index contributed by atoms with van der Waals surface area (Å²) in [5.41, 5.74) is 1.66. The van der Waals surface area contributed by atoms with E-state index in [0.717, 1.165) is 5.56 Å². The Morgan fingerprint density at radius 2 is 1.81 bits per heavy atom. The Bertz CT molecular complexity index is 901. The van der Waals surface area contributed by atoms with E-state index in [1.165, 1.54) is 0 Å². The number of ether oxygens (including phenoxy) is 4. The molecule has 0 fully saturated rings. The fourth-order valence-electron chi connectivity index (χ4n) is 2.60. The molecule has 0 bridgehead atoms. The summed E-state index contributed by atoms with van der Waals surface area (Å²) in [7, 11) is 1.58. The van der Waals surface area contributed by atoms with Crippen molar-refractivity contribution in [3.63, 3.8) is 0 Å². The molecule has 0 amide bonds. The summed E-state index contributed by atoms with van der Waals surface area (Å²) in [5.74, 6) is 1.70. The molecule has 3 rings (SSSR count). The quantitative estimate of drug-likeness (QED) is 0.549. The molecule has 27 heavy (non-hydrogen) atoms. The van der Waals surface area contributed by atoms with E-state index >= 15 is 0 Å². The van der Waals surface area contributed by atoms with Crippen LogP contribution in [0.5, 0.6) is 17.2 Å². The van der Waals surface area contributed by atoms with Crippen LogP contribution in [-0.2, 0) is 9.53 Å². The lowest BCUT2D eigenvalue weighted by Crippen LogP contribution is -2.05. The summed E-state index contributed by atoms with van der Waals surface area (Å²) in [6.07, 6.45) is 1.66. The zero-order valence-corrected chi connectivity index (χ0v) is 15.5. The van der Waals surface area contributed by atoms with E-state index in [4.69, 9.17) is 18.9 Å². The number of cyclic esters (lactones) is 1. The fourth-order valence-corrected chi connectivity index (χ4v) is 2.60. The van der Waals surface area contributed by atoms with Gasteiger partial charge in [0.2, 0.25) is 5.90 Å². The Labute approximate surface area is 158 Å². The van der Waals surface area contributed by atoms with E-state index in [9.17, 15) is 4.79 Å². The lowest BCUT2D eigenvalue weighted by atomic mass is 10.1. The van der Waals surface area contributed by atoms with E-state index in [2.05, 4.69) is 4.99 Å². The van der Waals surface area contributed by atoms with E-state index < -0.39 is 5.97 Å². The van der Waals surface area contributed by atoms with Crippen molar-refractivity contribution in [2.24, 2.45) is 4.99 Å². The summed E-state index contributed by atoms with van der Waals surface area (Å²) < 4.78 is 21.7. The first-order valence-electron chi connectivity index (χ1n) is 8.71. The lowest BCUT2D eigenvalue weighted by Gasteiger charge is -2.11. The van der Waals surface area contributed by atoms with Crippen molar-refractivity contribution >= 4 is 17.9 Å². The maximum absolute atomic E-state index is 12.2. The number of nitrogens with zero attached hydrogens (tertiary/aromatic N) is 1. The molecule has 0 aromatic heterocycles. The normalized spacial score (nSPS) is 14.7. The second kappa shape index (κ2) is 8.40. The molecule has 6 heteroatoms. The molecule has 1 aliphatic heterocycles. The van der Waals surface area contributed by atoms with Gasteiger partial charge in [-0.25, -0.2) is 9.79 Å². The van der Waals surface area contributed by atoms with Gasteiger partial charge in [0, 0.05) is 5.56 Å². The topological polar surface area (TPSA) is 66.3 Å². The Morgan fingerprint density at radius 3 is 2.56 bits per heavy atom. The lowest BCUT2D eigenvalue weighted by molar-refractivity contribution is -0.129. The van der Waals surface area contributed by atoms with Gasteiger partial charge in [0.25, 0.3) is 0 Å². The van der Waals surface area contributed by atoms with Gasteiger partial charge in [-0.3, -0.25) is 0 Å². The first kappa shape index (κ1) is 18.5. The van der Waals surface area contributed by atoms with Gasteiger partial charge in [0.1, 0.15) is 5.75 Å². The van der Waals surface area contributed by atoms with Gasteiger partial charge in [-0.15, -0.1) is 0 Å². The van der Waals surface area contributed by atoms with Gasteiger partial charge in [0.05, 0.1) is 20.3 Å². The molecule has 0 saturated carbocycles. The minimum atomic E-state index is -0.500. The second-order valence-electron chi connectivity index (χ2n) is 5.64. The van der Waals surface area contributed by atoms with Gasteiger partial charge < -0.3 is 18.9 Å². The number of hydrogen-bond acceptors (Lipinski definition) is 6. The number of rotatable bonds is 7. The molecule has 1 heterocycles. The van der Waals surface area contributed by atoms with E-state index in [0.29, 0.717) is 36.0 Å². The molecule has 0 unspecified atom stereocenters. The zero-order valence-electron chi connectivity index (χ0n) is 15.5. The van der Waals surface area contributed by atoms with Crippen molar-refractivity contribution in [3.05, 3.63) is 59.3 Å². The van der Waals surface area contributed by atoms with Crippen molar-refractivity contribution in [2.75, 3.05) is 20.3 Å². The standard InChI is InChI=1S/C21H21NO5/c1-4-25-18-10-9-14(12-19(18)26-5-2)11-17-21(23)27-20(22-17)15-7-6-8-16(13-15)24-3/h6-13H,4-5H2,1-3H3. The summed E-state index contributed by atoms with van der Waals surface area (Å²) in [6.45, 7) is 4.87. The predicted molar refractivity (Wildman–Crippen MR) is 102 cm³/mol. The zero-order chi connectivity index (χ0) is 19.2. The van der Waals surface area contributed by atoms with Crippen LogP contribution in [0.3, 0.4) is 0 Å². The smallest absolute Gasteiger partial charge is 0.363 e. The molecule has 140 valence electrons. The Kier molecular flexibility index (Phi) is 5.76.